The average Bonchev–Trinajstić information content (AvgIpc) is 2.26. The van der Waals surface area contributed by atoms with Gasteiger partial charge in [-0.05, 0) is 29.8 Å². The Labute approximate surface area is 83.0 Å². The normalized spacial score (nSPS) is 10.4. The third-order valence-corrected chi connectivity index (χ3v) is 1.99. The second kappa shape index (κ2) is 4.11. The van der Waals surface area contributed by atoms with E-state index in [-0.39, 0.29) is 0 Å². The van der Waals surface area contributed by atoms with Crippen LogP contribution in [-0.2, 0) is 4.89 Å². The highest BCUT2D eigenvalue weighted by Gasteiger charge is 1.96. The van der Waals surface area contributed by atoms with Crippen LogP contribution in [0.4, 0.5) is 0 Å². The molecule has 72 valence electrons. The Kier molecular flexibility index (Phi) is 2.65. The number of hydrogen-bond donors (Lipinski definition) is 0. The van der Waals surface area contributed by atoms with E-state index < -0.39 is 0 Å². The predicted octanol–water partition coefficient (Wildman–Crippen LogP) is 3.17. The fourth-order valence-corrected chi connectivity index (χ4v) is 1.35. The minimum Gasteiger partial charge on any atom is -0.338 e. The van der Waals surface area contributed by atoms with Crippen molar-refractivity contribution in [3.05, 3.63) is 42.5 Å². The monoisotopic (exact) mass is 188 g/mol. The van der Waals surface area contributed by atoms with E-state index in [0.717, 1.165) is 11.1 Å². The first-order chi connectivity index (χ1) is 6.90. The first-order valence-corrected chi connectivity index (χ1v) is 4.68. The zero-order chi connectivity index (χ0) is 9.80. The SMILES string of the molecule is CCOOc1ccc2ccccc2c1. The van der Waals surface area contributed by atoms with Crippen LogP contribution in [0.25, 0.3) is 10.8 Å². The highest BCUT2D eigenvalue weighted by atomic mass is 17.2. The number of rotatable bonds is 3. The molecule has 0 aliphatic rings. The van der Waals surface area contributed by atoms with E-state index in [9.17, 15) is 0 Å². The molecule has 0 unspecified atom stereocenters. The minimum absolute atomic E-state index is 0.548. The summed E-state index contributed by atoms with van der Waals surface area (Å²) in [5.41, 5.74) is 0. The molecule has 2 rings (SSSR count). The van der Waals surface area contributed by atoms with E-state index in [4.69, 9.17) is 9.78 Å². The van der Waals surface area contributed by atoms with Crippen molar-refractivity contribution in [3.8, 4) is 5.75 Å². The van der Waals surface area contributed by atoms with Gasteiger partial charge < -0.3 is 4.89 Å². The molecule has 2 nitrogen and oxygen atoms in total. The van der Waals surface area contributed by atoms with E-state index in [1.54, 1.807) is 0 Å². The van der Waals surface area contributed by atoms with Gasteiger partial charge in [0, 0.05) is 0 Å². The molecule has 0 aliphatic heterocycles. The third kappa shape index (κ3) is 1.86. The molecule has 0 radical (unpaired) electrons. The van der Waals surface area contributed by atoms with Gasteiger partial charge in [0.1, 0.15) is 0 Å². The van der Waals surface area contributed by atoms with Crippen LogP contribution in [0.2, 0.25) is 0 Å². The standard InChI is InChI=1S/C12H12O2/c1-2-13-14-12-8-7-10-5-3-4-6-11(10)9-12/h3-9H,2H2,1H3. The number of fused-ring (bicyclic) bond motifs is 1. The van der Waals surface area contributed by atoms with Gasteiger partial charge in [-0.2, -0.15) is 4.89 Å². The molecule has 0 aliphatic carbocycles. The molecule has 2 aromatic carbocycles. The molecule has 0 bridgehead atoms. The first-order valence-electron chi connectivity index (χ1n) is 4.68. The van der Waals surface area contributed by atoms with E-state index in [0.29, 0.717) is 6.61 Å². The lowest BCUT2D eigenvalue weighted by Crippen LogP contribution is -1.95. The molecule has 14 heavy (non-hydrogen) atoms. The van der Waals surface area contributed by atoms with Crippen molar-refractivity contribution in [1.82, 2.24) is 0 Å². The zero-order valence-electron chi connectivity index (χ0n) is 8.07. The Balaban J connectivity index is 2.32. The van der Waals surface area contributed by atoms with Crippen LogP contribution in [-0.4, -0.2) is 6.61 Å². The Morgan fingerprint density at radius 2 is 1.79 bits per heavy atom. The molecule has 0 fully saturated rings. The van der Waals surface area contributed by atoms with Crippen LogP contribution in [0, 0.1) is 0 Å². The molecule has 2 aromatic rings. The van der Waals surface area contributed by atoms with E-state index >= 15 is 0 Å². The van der Waals surface area contributed by atoms with Crippen LogP contribution >= 0.6 is 0 Å². The fraction of sp³-hybridized carbons (Fsp3) is 0.167. The second-order valence-corrected chi connectivity index (χ2v) is 3.00. The topological polar surface area (TPSA) is 18.5 Å². The Bertz CT molecular complexity index is 423. The quantitative estimate of drug-likeness (QED) is 0.544. The molecule has 0 aromatic heterocycles. The molecule has 0 spiro atoms. The molecular formula is C12H12O2. The van der Waals surface area contributed by atoms with Gasteiger partial charge in [-0.3, -0.25) is 0 Å². The van der Waals surface area contributed by atoms with Crippen LogP contribution in [0.1, 0.15) is 6.92 Å². The molecule has 0 atom stereocenters. The highest BCUT2D eigenvalue weighted by Crippen LogP contribution is 2.20. The summed E-state index contributed by atoms with van der Waals surface area (Å²) in [6, 6.07) is 14.0. The zero-order valence-corrected chi connectivity index (χ0v) is 8.07. The summed E-state index contributed by atoms with van der Waals surface area (Å²) in [7, 11) is 0. The molecule has 0 amide bonds. The average molecular weight is 188 g/mol. The summed E-state index contributed by atoms with van der Waals surface area (Å²) in [4.78, 5) is 9.93. The van der Waals surface area contributed by atoms with Crippen LogP contribution in [0.3, 0.4) is 0 Å². The van der Waals surface area contributed by atoms with Crippen molar-refractivity contribution in [2.75, 3.05) is 6.61 Å². The van der Waals surface area contributed by atoms with Crippen molar-refractivity contribution in [1.29, 1.82) is 0 Å². The van der Waals surface area contributed by atoms with Crippen molar-refractivity contribution < 1.29 is 9.78 Å². The summed E-state index contributed by atoms with van der Waals surface area (Å²) >= 11 is 0. The maximum absolute atomic E-state index is 5.06. The smallest absolute Gasteiger partial charge is 0.166 e. The van der Waals surface area contributed by atoms with Crippen molar-refractivity contribution >= 4 is 10.8 Å². The summed E-state index contributed by atoms with van der Waals surface area (Å²) in [6.07, 6.45) is 0. The van der Waals surface area contributed by atoms with Gasteiger partial charge >= 0.3 is 0 Å². The van der Waals surface area contributed by atoms with Gasteiger partial charge in [-0.25, -0.2) is 0 Å². The molecule has 0 saturated carbocycles. The van der Waals surface area contributed by atoms with Crippen LogP contribution < -0.4 is 4.89 Å². The maximum Gasteiger partial charge on any atom is 0.166 e. The highest BCUT2D eigenvalue weighted by molar-refractivity contribution is 5.83. The summed E-state index contributed by atoms with van der Waals surface area (Å²) in [6.45, 7) is 2.44. The van der Waals surface area contributed by atoms with Gasteiger partial charge in [0.25, 0.3) is 0 Å². The van der Waals surface area contributed by atoms with Gasteiger partial charge in [0.2, 0.25) is 0 Å². The van der Waals surface area contributed by atoms with Crippen LogP contribution in [0.15, 0.2) is 42.5 Å². The van der Waals surface area contributed by atoms with E-state index in [2.05, 4.69) is 6.07 Å². The van der Waals surface area contributed by atoms with Crippen molar-refractivity contribution in [2.45, 2.75) is 6.92 Å². The lowest BCUT2D eigenvalue weighted by atomic mass is 10.1. The largest absolute Gasteiger partial charge is 0.338 e. The minimum atomic E-state index is 0.548. The lowest BCUT2D eigenvalue weighted by molar-refractivity contribution is -0.202. The first kappa shape index (κ1) is 9.03. The van der Waals surface area contributed by atoms with Gasteiger partial charge in [-0.15, -0.1) is 0 Å². The molecule has 2 heteroatoms. The summed E-state index contributed by atoms with van der Waals surface area (Å²) in [5.74, 6) is 0.741. The van der Waals surface area contributed by atoms with Gasteiger partial charge in [0.05, 0.1) is 6.61 Å². The number of hydrogen-bond acceptors (Lipinski definition) is 2. The Hall–Kier alpha value is -1.54. The molecule has 0 heterocycles. The second-order valence-electron chi connectivity index (χ2n) is 3.00. The molecule has 0 saturated heterocycles. The fourth-order valence-electron chi connectivity index (χ4n) is 1.35. The summed E-state index contributed by atoms with van der Waals surface area (Å²) in [5, 5.41) is 2.36. The lowest BCUT2D eigenvalue weighted by Gasteiger charge is -2.03. The molecule has 0 N–H and O–H groups in total. The van der Waals surface area contributed by atoms with E-state index in [1.165, 1.54) is 5.39 Å². The Morgan fingerprint density at radius 1 is 1.00 bits per heavy atom. The van der Waals surface area contributed by atoms with Gasteiger partial charge in [-0.1, -0.05) is 30.3 Å². The summed E-state index contributed by atoms with van der Waals surface area (Å²) < 4.78 is 0. The van der Waals surface area contributed by atoms with Crippen LogP contribution in [0.5, 0.6) is 5.75 Å². The Morgan fingerprint density at radius 3 is 2.57 bits per heavy atom. The molecular weight excluding hydrogens is 176 g/mol. The third-order valence-electron chi connectivity index (χ3n) is 1.99. The van der Waals surface area contributed by atoms with Crippen molar-refractivity contribution in [2.24, 2.45) is 0 Å². The van der Waals surface area contributed by atoms with Gasteiger partial charge in [0.15, 0.2) is 5.75 Å². The number of benzene rings is 2. The predicted molar refractivity (Wildman–Crippen MR) is 56.2 cm³/mol. The maximum atomic E-state index is 5.06. The van der Waals surface area contributed by atoms with E-state index in [1.807, 2.05) is 43.3 Å². The van der Waals surface area contributed by atoms with Crippen molar-refractivity contribution in [3.63, 3.8) is 0 Å².